The van der Waals surface area contributed by atoms with Gasteiger partial charge in [0.15, 0.2) is 17.8 Å². The molecular weight excluding hydrogens is 458 g/mol. The Bertz CT molecular complexity index is 1170. The van der Waals surface area contributed by atoms with Crippen LogP contribution in [0.5, 0.6) is 11.5 Å². The quantitative estimate of drug-likeness (QED) is 0.591. The average Bonchev–Trinajstić information content (AvgIpc) is 3.36. The average molecular weight is 479 g/mol. The van der Waals surface area contributed by atoms with Crippen molar-refractivity contribution in [2.75, 3.05) is 19.8 Å². The Morgan fingerprint density at radius 1 is 1.18 bits per heavy atom. The van der Waals surface area contributed by atoms with E-state index < -0.39 is 30.0 Å². The SMILES string of the molecule is CC1=C(CC(=O)NCC2OCCO2)c2cc(F)ccc2/C1=C\c1ccc(O)c(OC(F)(F)F)c1. The van der Waals surface area contributed by atoms with Gasteiger partial charge in [0.2, 0.25) is 5.91 Å². The van der Waals surface area contributed by atoms with Gasteiger partial charge in [-0.15, -0.1) is 13.2 Å². The van der Waals surface area contributed by atoms with Crippen LogP contribution in [0, 0.1) is 5.82 Å². The molecule has 0 radical (unpaired) electrons. The van der Waals surface area contributed by atoms with Gasteiger partial charge in [0.05, 0.1) is 26.2 Å². The minimum Gasteiger partial charge on any atom is -0.504 e. The third kappa shape index (κ3) is 5.40. The van der Waals surface area contributed by atoms with Gasteiger partial charge in [-0.3, -0.25) is 4.79 Å². The van der Waals surface area contributed by atoms with Crippen molar-refractivity contribution in [3.05, 3.63) is 64.5 Å². The summed E-state index contributed by atoms with van der Waals surface area (Å²) in [5, 5.41) is 12.4. The number of carbonyl (C=O) groups is 1. The van der Waals surface area contributed by atoms with Crippen molar-refractivity contribution >= 4 is 23.1 Å². The fourth-order valence-corrected chi connectivity index (χ4v) is 3.92. The van der Waals surface area contributed by atoms with Gasteiger partial charge in [-0.05, 0) is 70.7 Å². The zero-order valence-corrected chi connectivity index (χ0v) is 18.0. The van der Waals surface area contributed by atoms with Crippen LogP contribution in [0.3, 0.4) is 0 Å². The van der Waals surface area contributed by atoms with Crippen molar-refractivity contribution in [2.24, 2.45) is 0 Å². The van der Waals surface area contributed by atoms with Crippen molar-refractivity contribution < 1.29 is 41.7 Å². The van der Waals surface area contributed by atoms with Gasteiger partial charge in [0.25, 0.3) is 0 Å². The second-order valence-electron chi connectivity index (χ2n) is 7.78. The number of phenolic OH excluding ortho intramolecular Hbond substituents is 1. The lowest BCUT2D eigenvalue weighted by Crippen LogP contribution is -2.32. The van der Waals surface area contributed by atoms with Gasteiger partial charge in [-0.1, -0.05) is 12.1 Å². The largest absolute Gasteiger partial charge is 0.573 e. The normalized spacial score (nSPS) is 17.4. The fourth-order valence-electron chi connectivity index (χ4n) is 3.92. The van der Waals surface area contributed by atoms with E-state index in [1.54, 1.807) is 19.1 Å². The van der Waals surface area contributed by atoms with Crippen LogP contribution in [0.2, 0.25) is 0 Å². The van der Waals surface area contributed by atoms with E-state index in [4.69, 9.17) is 9.47 Å². The van der Waals surface area contributed by atoms with Crippen molar-refractivity contribution in [3.63, 3.8) is 0 Å². The van der Waals surface area contributed by atoms with Gasteiger partial charge in [0.1, 0.15) is 5.82 Å². The number of aromatic hydroxyl groups is 1. The molecule has 1 aliphatic heterocycles. The van der Waals surface area contributed by atoms with Crippen LogP contribution in [0.4, 0.5) is 17.6 Å². The molecular formula is C24H21F4NO5. The number of hydrogen-bond donors (Lipinski definition) is 2. The molecule has 2 aromatic rings. The molecule has 0 unspecified atom stereocenters. The van der Waals surface area contributed by atoms with E-state index in [0.29, 0.717) is 46.6 Å². The lowest BCUT2D eigenvalue weighted by atomic mass is 10.0. The van der Waals surface area contributed by atoms with Crippen LogP contribution in [-0.4, -0.2) is 43.4 Å². The number of halogens is 4. The zero-order valence-electron chi connectivity index (χ0n) is 18.0. The van der Waals surface area contributed by atoms with Gasteiger partial charge in [-0.25, -0.2) is 4.39 Å². The second kappa shape index (κ2) is 9.47. The predicted octanol–water partition coefficient (Wildman–Crippen LogP) is 4.64. The molecule has 4 rings (SSSR count). The van der Waals surface area contributed by atoms with E-state index in [1.165, 1.54) is 18.2 Å². The van der Waals surface area contributed by atoms with Crippen LogP contribution in [0.1, 0.15) is 30.0 Å². The van der Waals surface area contributed by atoms with E-state index in [0.717, 1.165) is 12.1 Å². The van der Waals surface area contributed by atoms with E-state index in [-0.39, 0.29) is 18.9 Å². The van der Waals surface area contributed by atoms with Crippen LogP contribution < -0.4 is 10.1 Å². The van der Waals surface area contributed by atoms with Crippen molar-refractivity contribution in [3.8, 4) is 11.5 Å². The van der Waals surface area contributed by atoms with E-state index in [1.807, 2.05) is 0 Å². The molecule has 0 spiro atoms. The number of benzene rings is 2. The monoisotopic (exact) mass is 479 g/mol. The lowest BCUT2D eigenvalue weighted by molar-refractivity contribution is -0.275. The number of rotatable bonds is 6. The Kier molecular flexibility index (Phi) is 6.63. The first-order valence-corrected chi connectivity index (χ1v) is 10.4. The minimum absolute atomic E-state index is 0.0373. The topological polar surface area (TPSA) is 77.0 Å². The molecule has 2 aromatic carbocycles. The molecule has 0 aromatic heterocycles. The summed E-state index contributed by atoms with van der Waals surface area (Å²) in [7, 11) is 0. The molecule has 1 fully saturated rings. The molecule has 0 saturated carbocycles. The van der Waals surface area contributed by atoms with Gasteiger partial charge >= 0.3 is 6.36 Å². The summed E-state index contributed by atoms with van der Waals surface area (Å²) >= 11 is 0. The Balaban J connectivity index is 1.63. The highest BCUT2D eigenvalue weighted by Crippen LogP contribution is 2.44. The van der Waals surface area contributed by atoms with Crippen molar-refractivity contribution in [1.82, 2.24) is 5.32 Å². The van der Waals surface area contributed by atoms with Gasteiger partial charge in [0, 0.05) is 0 Å². The van der Waals surface area contributed by atoms with Crippen LogP contribution >= 0.6 is 0 Å². The Morgan fingerprint density at radius 2 is 1.91 bits per heavy atom. The number of amides is 1. The Morgan fingerprint density at radius 3 is 2.62 bits per heavy atom. The summed E-state index contributed by atoms with van der Waals surface area (Å²) in [6, 6.07) is 7.72. The molecule has 10 heteroatoms. The van der Waals surface area contributed by atoms with E-state index >= 15 is 0 Å². The number of nitrogens with one attached hydrogen (secondary N) is 1. The summed E-state index contributed by atoms with van der Waals surface area (Å²) in [6.45, 7) is 2.85. The summed E-state index contributed by atoms with van der Waals surface area (Å²) in [5.41, 5.74) is 3.37. The smallest absolute Gasteiger partial charge is 0.504 e. The highest BCUT2D eigenvalue weighted by molar-refractivity contribution is 6.08. The van der Waals surface area contributed by atoms with Crippen LogP contribution in [-0.2, 0) is 14.3 Å². The third-order valence-corrected chi connectivity index (χ3v) is 5.47. The molecule has 0 bridgehead atoms. The number of hydrogen-bond acceptors (Lipinski definition) is 5. The number of fused-ring (bicyclic) bond motifs is 1. The fraction of sp³-hybridized carbons (Fsp3) is 0.292. The first-order chi connectivity index (χ1) is 16.1. The number of carbonyl (C=O) groups excluding carboxylic acids is 1. The van der Waals surface area contributed by atoms with Crippen molar-refractivity contribution in [1.29, 1.82) is 0 Å². The number of allylic oxidation sites excluding steroid dienone is 2. The summed E-state index contributed by atoms with van der Waals surface area (Å²) in [6.07, 6.45) is -3.92. The lowest BCUT2D eigenvalue weighted by Gasteiger charge is -2.11. The number of alkyl halides is 3. The molecule has 2 aliphatic rings. The van der Waals surface area contributed by atoms with Crippen molar-refractivity contribution in [2.45, 2.75) is 26.0 Å². The molecule has 2 N–H and O–H groups in total. The van der Waals surface area contributed by atoms with Crippen LogP contribution in [0.15, 0.2) is 42.0 Å². The third-order valence-electron chi connectivity index (χ3n) is 5.47. The van der Waals surface area contributed by atoms with E-state index in [2.05, 4.69) is 10.1 Å². The second-order valence-corrected chi connectivity index (χ2v) is 7.78. The number of ether oxygens (including phenoxy) is 3. The van der Waals surface area contributed by atoms with Gasteiger partial charge < -0.3 is 24.6 Å². The molecule has 1 aliphatic carbocycles. The molecule has 34 heavy (non-hydrogen) atoms. The summed E-state index contributed by atoms with van der Waals surface area (Å²) in [4.78, 5) is 12.6. The standard InChI is InChI=1S/C24H21F4NO5/c1-13-17(8-14-2-5-20(30)21(9-14)34-24(26,27)28)16-4-3-15(25)10-19(16)18(13)11-22(31)29-12-23-32-6-7-33-23/h2-5,8-10,23,30H,6-7,11-12H2,1H3,(H,29,31)/b17-8-. The highest BCUT2D eigenvalue weighted by Gasteiger charge is 2.32. The maximum Gasteiger partial charge on any atom is 0.573 e. The molecule has 0 atom stereocenters. The Hall–Kier alpha value is -3.37. The zero-order chi connectivity index (χ0) is 24.5. The first kappa shape index (κ1) is 23.8. The predicted molar refractivity (Wildman–Crippen MR) is 115 cm³/mol. The highest BCUT2D eigenvalue weighted by atomic mass is 19.4. The van der Waals surface area contributed by atoms with Crippen LogP contribution in [0.25, 0.3) is 17.2 Å². The maximum absolute atomic E-state index is 14.0. The molecule has 1 heterocycles. The molecule has 180 valence electrons. The summed E-state index contributed by atoms with van der Waals surface area (Å²) < 4.78 is 66.4. The minimum atomic E-state index is -4.97. The van der Waals surface area contributed by atoms with Gasteiger partial charge in [-0.2, -0.15) is 0 Å². The molecule has 1 saturated heterocycles. The first-order valence-electron chi connectivity index (χ1n) is 10.4. The number of phenols is 1. The Labute approximate surface area is 192 Å². The van der Waals surface area contributed by atoms with E-state index in [9.17, 15) is 27.5 Å². The maximum atomic E-state index is 14.0. The summed E-state index contributed by atoms with van der Waals surface area (Å²) in [5.74, 6) is -2.19. The molecule has 1 amide bonds. The molecule has 6 nitrogen and oxygen atoms in total.